The molecule has 0 radical (unpaired) electrons. The van der Waals surface area contributed by atoms with Crippen LogP contribution in [-0.4, -0.2) is 10.00 Å². The van der Waals surface area contributed by atoms with E-state index >= 15 is 0 Å². The first-order chi connectivity index (χ1) is 6.24. The van der Waals surface area contributed by atoms with Crippen molar-refractivity contribution < 1.29 is 0 Å². The lowest BCUT2D eigenvalue weighted by Crippen LogP contribution is -2.18. The van der Waals surface area contributed by atoms with Crippen LogP contribution in [-0.2, 0) is 0 Å². The Morgan fingerprint density at radius 2 is 1.71 bits per heavy atom. The first-order valence-corrected chi connectivity index (χ1v) is 6.48. The Bertz CT molecular complexity index is 178. The molecule has 14 heavy (non-hydrogen) atoms. The fourth-order valence-corrected chi connectivity index (χ4v) is 2.94. The van der Waals surface area contributed by atoms with Gasteiger partial charge in [-0.2, -0.15) is 11.8 Å². The Balaban J connectivity index is 3.92. The minimum absolute atomic E-state index is 0.395. The molecule has 1 heteroatoms. The molecule has 0 atom stereocenters. The second-order valence-corrected chi connectivity index (χ2v) is 7.52. The molecular formula is C13H26S. The zero-order chi connectivity index (χ0) is 11.4. The Hall–Kier alpha value is 0.0900. The Labute approximate surface area is 94.6 Å². The Kier molecular flexibility index (Phi) is 5.88. The molecule has 0 saturated heterocycles. The summed E-state index contributed by atoms with van der Waals surface area (Å²) in [6, 6.07) is 0. The normalized spacial score (nSPS) is 12.6. The van der Waals surface area contributed by atoms with Crippen molar-refractivity contribution in [3.8, 4) is 0 Å². The van der Waals surface area contributed by atoms with Gasteiger partial charge in [-0.15, -0.1) is 0 Å². The van der Waals surface area contributed by atoms with Crippen molar-refractivity contribution in [3.63, 3.8) is 0 Å². The molecule has 0 fully saturated rings. The van der Waals surface area contributed by atoms with Crippen molar-refractivity contribution >= 4 is 11.8 Å². The predicted molar refractivity (Wildman–Crippen MR) is 70.0 cm³/mol. The minimum Gasteiger partial charge on any atom is -0.153 e. The summed E-state index contributed by atoms with van der Waals surface area (Å²) >= 11 is 2.07. The molecule has 0 aromatic rings. The molecule has 0 unspecified atom stereocenters. The van der Waals surface area contributed by atoms with E-state index in [1.807, 2.05) is 0 Å². The lowest BCUT2D eigenvalue weighted by atomic mass is 9.96. The van der Waals surface area contributed by atoms with Gasteiger partial charge in [0.2, 0.25) is 0 Å². The third-order valence-electron chi connectivity index (χ3n) is 2.42. The van der Waals surface area contributed by atoms with E-state index in [2.05, 4.69) is 59.9 Å². The van der Waals surface area contributed by atoms with E-state index in [9.17, 15) is 0 Å². The molecule has 84 valence electrons. The van der Waals surface area contributed by atoms with Crippen LogP contribution in [0.2, 0.25) is 0 Å². The van der Waals surface area contributed by atoms with Crippen LogP contribution < -0.4 is 0 Å². The predicted octanol–water partition coefficient (Wildman–Crippen LogP) is 4.90. The fraction of sp³-hybridized carbons (Fsp3) is 0.846. The Morgan fingerprint density at radius 3 is 2.07 bits per heavy atom. The second-order valence-electron chi connectivity index (χ2n) is 5.24. The van der Waals surface area contributed by atoms with Gasteiger partial charge in [0.05, 0.1) is 0 Å². The summed E-state index contributed by atoms with van der Waals surface area (Å²) in [5.41, 5.74) is 1.39. The van der Waals surface area contributed by atoms with Gasteiger partial charge in [-0.3, -0.25) is 0 Å². The molecule has 0 aromatic heterocycles. The first-order valence-electron chi connectivity index (χ1n) is 5.60. The highest BCUT2D eigenvalue weighted by Gasteiger charge is 2.20. The summed E-state index contributed by atoms with van der Waals surface area (Å²) in [6.07, 6.45) is 2.41. The van der Waals surface area contributed by atoms with Crippen molar-refractivity contribution in [1.82, 2.24) is 0 Å². The van der Waals surface area contributed by atoms with Gasteiger partial charge in [-0.1, -0.05) is 53.7 Å². The lowest BCUT2D eigenvalue weighted by molar-refractivity contribution is 0.599. The van der Waals surface area contributed by atoms with Crippen LogP contribution in [0.5, 0.6) is 0 Å². The van der Waals surface area contributed by atoms with Gasteiger partial charge in [0, 0.05) is 4.75 Å². The first kappa shape index (κ1) is 14.1. The third-order valence-corrected chi connectivity index (χ3v) is 3.73. The SMILES string of the molecule is C=C(CCC(C)(C)SC(C)C)C(C)C. The molecule has 0 N–H and O–H groups in total. The van der Waals surface area contributed by atoms with Gasteiger partial charge in [0.15, 0.2) is 0 Å². The van der Waals surface area contributed by atoms with E-state index < -0.39 is 0 Å². The van der Waals surface area contributed by atoms with Crippen molar-refractivity contribution in [1.29, 1.82) is 0 Å². The number of rotatable bonds is 6. The van der Waals surface area contributed by atoms with Crippen LogP contribution >= 0.6 is 11.8 Å². The zero-order valence-electron chi connectivity index (χ0n) is 10.7. The third kappa shape index (κ3) is 6.53. The largest absolute Gasteiger partial charge is 0.153 e. The highest BCUT2D eigenvalue weighted by molar-refractivity contribution is 8.01. The topological polar surface area (TPSA) is 0 Å². The highest BCUT2D eigenvalue weighted by atomic mass is 32.2. The standard InChI is InChI=1S/C13H26S/c1-10(2)12(5)8-9-13(6,7)14-11(3)4/h10-11H,5,8-9H2,1-4,6-7H3. The maximum absolute atomic E-state index is 4.13. The number of hydrogen-bond acceptors (Lipinski definition) is 1. The quantitative estimate of drug-likeness (QED) is 0.567. The average molecular weight is 214 g/mol. The second kappa shape index (κ2) is 5.85. The van der Waals surface area contributed by atoms with Crippen LogP contribution in [0.25, 0.3) is 0 Å². The average Bonchev–Trinajstić information content (AvgIpc) is 1.97. The maximum Gasteiger partial charge on any atom is 0.0109 e. The summed E-state index contributed by atoms with van der Waals surface area (Å²) in [6.45, 7) is 17.8. The van der Waals surface area contributed by atoms with Crippen LogP contribution in [0.15, 0.2) is 12.2 Å². The molecule has 0 amide bonds. The zero-order valence-corrected chi connectivity index (χ0v) is 11.5. The Morgan fingerprint density at radius 1 is 1.21 bits per heavy atom. The number of hydrogen-bond donors (Lipinski definition) is 0. The van der Waals surface area contributed by atoms with Gasteiger partial charge < -0.3 is 0 Å². The maximum atomic E-state index is 4.13. The van der Waals surface area contributed by atoms with E-state index in [4.69, 9.17) is 0 Å². The van der Waals surface area contributed by atoms with E-state index in [-0.39, 0.29) is 0 Å². The molecular weight excluding hydrogens is 188 g/mol. The highest BCUT2D eigenvalue weighted by Crippen LogP contribution is 2.34. The monoisotopic (exact) mass is 214 g/mol. The molecule has 0 saturated carbocycles. The molecule has 0 bridgehead atoms. The van der Waals surface area contributed by atoms with E-state index in [1.165, 1.54) is 18.4 Å². The van der Waals surface area contributed by atoms with Gasteiger partial charge in [-0.05, 0) is 24.0 Å². The van der Waals surface area contributed by atoms with Crippen LogP contribution in [0.4, 0.5) is 0 Å². The summed E-state index contributed by atoms with van der Waals surface area (Å²) in [7, 11) is 0. The smallest absolute Gasteiger partial charge is 0.0109 e. The summed E-state index contributed by atoms with van der Waals surface area (Å²) in [4.78, 5) is 0. The van der Waals surface area contributed by atoms with Crippen LogP contribution in [0.1, 0.15) is 54.4 Å². The molecule has 0 rings (SSSR count). The number of allylic oxidation sites excluding steroid dienone is 1. The van der Waals surface area contributed by atoms with Crippen molar-refractivity contribution in [2.45, 2.75) is 64.4 Å². The van der Waals surface area contributed by atoms with E-state index in [1.54, 1.807) is 0 Å². The molecule has 0 aliphatic heterocycles. The van der Waals surface area contributed by atoms with Crippen molar-refractivity contribution in [3.05, 3.63) is 12.2 Å². The van der Waals surface area contributed by atoms with E-state index in [0.29, 0.717) is 10.7 Å². The van der Waals surface area contributed by atoms with Gasteiger partial charge >= 0.3 is 0 Å². The summed E-state index contributed by atoms with van der Waals surface area (Å²) in [5, 5.41) is 0.720. The molecule has 0 nitrogen and oxygen atoms in total. The van der Waals surface area contributed by atoms with Gasteiger partial charge in [0.25, 0.3) is 0 Å². The lowest BCUT2D eigenvalue weighted by Gasteiger charge is -2.27. The minimum atomic E-state index is 0.395. The molecule has 0 spiro atoms. The van der Waals surface area contributed by atoms with Gasteiger partial charge in [-0.25, -0.2) is 0 Å². The fourth-order valence-electron chi connectivity index (χ4n) is 1.45. The molecule has 0 aromatic carbocycles. The molecule has 0 heterocycles. The van der Waals surface area contributed by atoms with Crippen LogP contribution in [0, 0.1) is 5.92 Å². The van der Waals surface area contributed by atoms with Crippen molar-refractivity contribution in [2.75, 3.05) is 0 Å². The van der Waals surface area contributed by atoms with E-state index in [0.717, 1.165) is 5.25 Å². The summed E-state index contributed by atoms with van der Waals surface area (Å²) < 4.78 is 0.395. The molecule has 0 aliphatic rings. The summed E-state index contributed by atoms with van der Waals surface area (Å²) in [5.74, 6) is 0.634. The molecule has 0 aliphatic carbocycles. The van der Waals surface area contributed by atoms with Crippen LogP contribution in [0.3, 0.4) is 0 Å². The van der Waals surface area contributed by atoms with Crippen molar-refractivity contribution in [2.24, 2.45) is 5.92 Å². The number of thioether (sulfide) groups is 1. The van der Waals surface area contributed by atoms with Gasteiger partial charge in [0.1, 0.15) is 0 Å².